The van der Waals surface area contributed by atoms with Gasteiger partial charge in [-0.2, -0.15) is 0 Å². The van der Waals surface area contributed by atoms with Gasteiger partial charge in [0.05, 0.1) is 0 Å². The Labute approximate surface area is 95.1 Å². The first kappa shape index (κ1) is 9.29. The van der Waals surface area contributed by atoms with Crippen molar-refractivity contribution in [2.45, 2.75) is 19.3 Å². The number of allylic oxidation sites excluding steroid dienone is 9. The normalized spacial score (nSPS) is 28.1. The predicted molar refractivity (Wildman–Crippen MR) is 67.5 cm³/mol. The summed E-state index contributed by atoms with van der Waals surface area (Å²) in [6.07, 6.45) is 14.8. The third-order valence-corrected chi connectivity index (χ3v) is 4.58. The van der Waals surface area contributed by atoms with Crippen molar-refractivity contribution in [3.63, 3.8) is 0 Å². The van der Waals surface area contributed by atoms with Gasteiger partial charge in [-0.1, -0.05) is 42.6 Å². The summed E-state index contributed by atoms with van der Waals surface area (Å²) in [6, 6.07) is 0. The van der Waals surface area contributed by atoms with E-state index < -0.39 is 0 Å². The number of hydrogen-bond acceptors (Lipinski definition) is 1. The summed E-state index contributed by atoms with van der Waals surface area (Å²) in [5, 5.41) is 0. The van der Waals surface area contributed by atoms with Crippen LogP contribution >= 0.6 is 11.8 Å². The minimum atomic E-state index is 0.658. The van der Waals surface area contributed by atoms with Gasteiger partial charge in [0.15, 0.2) is 0 Å². The van der Waals surface area contributed by atoms with Crippen LogP contribution in [0.15, 0.2) is 57.9 Å². The zero-order valence-corrected chi connectivity index (χ0v) is 9.52. The molecule has 2 aliphatic carbocycles. The molecule has 1 aliphatic heterocycles. The lowest BCUT2D eigenvalue weighted by Gasteiger charge is -2.17. The number of fused-ring (bicyclic) bond motifs is 2. The Morgan fingerprint density at radius 2 is 2.40 bits per heavy atom. The molecular formula is C14H14S. The third-order valence-electron chi connectivity index (χ3n) is 3.25. The molecule has 76 valence electrons. The van der Waals surface area contributed by atoms with Crippen LogP contribution in [-0.2, 0) is 0 Å². The maximum absolute atomic E-state index is 3.84. The molecule has 0 fully saturated rings. The molecule has 0 nitrogen and oxygen atoms in total. The first-order valence-electron chi connectivity index (χ1n) is 5.50. The van der Waals surface area contributed by atoms with E-state index >= 15 is 0 Å². The molecule has 0 aromatic carbocycles. The molecule has 3 aliphatic rings. The van der Waals surface area contributed by atoms with Crippen molar-refractivity contribution < 1.29 is 0 Å². The van der Waals surface area contributed by atoms with Crippen molar-refractivity contribution >= 4 is 11.8 Å². The lowest BCUT2D eigenvalue weighted by atomic mass is 9.87. The lowest BCUT2D eigenvalue weighted by Crippen LogP contribution is -2.04. The first-order chi connectivity index (χ1) is 7.38. The van der Waals surface area contributed by atoms with Gasteiger partial charge in [-0.05, 0) is 46.3 Å². The van der Waals surface area contributed by atoms with E-state index in [0.717, 1.165) is 6.42 Å². The molecule has 0 aromatic heterocycles. The highest BCUT2D eigenvalue weighted by atomic mass is 32.2. The van der Waals surface area contributed by atoms with E-state index in [0.29, 0.717) is 5.92 Å². The Hall–Kier alpha value is -0.950. The number of rotatable bonds is 1. The summed E-state index contributed by atoms with van der Waals surface area (Å²) < 4.78 is 0. The second-order valence-corrected chi connectivity index (χ2v) is 5.33. The van der Waals surface area contributed by atoms with E-state index in [9.17, 15) is 0 Å². The van der Waals surface area contributed by atoms with Gasteiger partial charge in [0.25, 0.3) is 0 Å². The Bertz CT molecular complexity index is 432. The van der Waals surface area contributed by atoms with Crippen LogP contribution < -0.4 is 0 Å². The van der Waals surface area contributed by atoms with Crippen LogP contribution in [0.2, 0.25) is 0 Å². The summed E-state index contributed by atoms with van der Waals surface area (Å²) in [4.78, 5) is 3.14. The van der Waals surface area contributed by atoms with Gasteiger partial charge >= 0.3 is 0 Å². The summed E-state index contributed by atoms with van der Waals surface area (Å²) in [5.41, 5.74) is 2.87. The van der Waals surface area contributed by atoms with Crippen LogP contribution in [0.5, 0.6) is 0 Å². The molecule has 15 heavy (non-hydrogen) atoms. The maximum atomic E-state index is 3.84. The first-order valence-corrected chi connectivity index (χ1v) is 6.32. The highest BCUT2D eigenvalue weighted by Gasteiger charge is 2.30. The average Bonchev–Trinajstić information content (AvgIpc) is 2.66. The fourth-order valence-corrected chi connectivity index (χ4v) is 3.83. The second kappa shape index (κ2) is 3.57. The monoisotopic (exact) mass is 214 g/mol. The Morgan fingerprint density at radius 1 is 1.47 bits per heavy atom. The molecule has 1 heterocycles. The van der Waals surface area contributed by atoms with Gasteiger partial charge in [-0.3, -0.25) is 0 Å². The van der Waals surface area contributed by atoms with Crippen LogP contribution in [0.4, 0.5) is 0 Å². The van der Waals surface area contributed by atoms with Gasteiger partial charge in [-0.25, -0.2) is 0 Å². The highest BCUT2D eigenvalue weighted by molar-refractivity contribution is 8.07. The van der Waals surface area contributed by atoms with Crippen molar-refractivity contribution in [2.75, 3.05) is 0 Å². The van der Waals surface area contributed by atoms with E-state index in [1.165, 1.54) is 23.3 Å². The molecule has 1 atom stereocenters. The van der Waals surface area contributed by atoms with Gasteiger partial charge < -0.3 is 0 Å². The fraction of sp³-hybridized carbons (Fsp3) is 0.286. The predicted octanol–water partition coefficient (Wildman–Crippen LogP) is 4.35. The molecule has 3 rings (SSSR count). The van der Waals surface area contributed by atoms with Crippen LogP contribution in [0.1, 0.15) is 19.3 Å². The largest absolute Gasteiger partial charge is 0.0985 e. The molecule has 0 saturated heterocycles. The molecule has 1 unspecified atom stereocenters. The van der Waals surface area contributed by atoms with Crippen molar-refractivity contribution in [2.24, 2.45) is 5.92 Å². The van der Waals surface area contributed by atoms with Crippen LogP contribution in [0.3, 0.4) is 0 Å². The summed E-state index contributed by atoms with van der Waals surface area (Å²) >= 11 is 2.00. The van der Waals surface area contributed by atoms with Crippen LogP contribution in [0.25, 0.3) is 0 Å². The second-order valence-electron chi connectivity index (χ2n) is 4.16. The van der Waals surface area contributed by atoms with Crippen molar-refractivity contribution in [1.29, 1.82) is 0 Å². The Morgan fingerprint density at radius 3 is 3.27 bits per heavy atom. The standard InChI is InChI=1S/C14H14S/c1-2-10-7-8-12-11-5-3-4-6-13(11)15-14(12)9-10/h2-3,5,7,9,12H,1,4,6,8H2. The SMILES string of the molecule is C=CC1=CCC2C(=C1)SC1=C2C=CCC1. The van der Waals surface area contributed by atoms with Crippen molar-refractivity contribution in [1.82, 2.24) is 0 Å². The molecule has 0 radical (unpaired) electrons. The third kappa shape index (κ3) is 1.46. The zero-order valence-electron chi connectivity index (χ0n) is 8.70. The molecule has 0 bridgehead atoms. The van der Waals surface area contributed by atoms with E-state index in [-0.39, 0.29) is 0 Å². The fourth-order valence-electron chi connectivity index (χ4n) is 2.44. The number of thioether (sulfide) groups is 1. The molecule has 1 heteroatoms. The molecule has 0 saturated carbocycles. The molecule has 0 N–H and O–H groups in total. The maximum Gasteiger partial charge on any atom is 0.0195 e. The van der Waals surface area contributed by atoms with Gasteiger partial charge in [-0.15, -0.1) is 0 Å². The summed E-state index contributed by atoms with van der Waals surface area (Å²) in [6.45, 7) is 3.84. The lowest BCUT2D eigenvalue weighted by molar-refractivity contribution is 0.764. The van der Waals surface area contributed by atoms with Crippen LogP contribution in [-0.4, -0.2) is 0 Å². The van der Waals surface area contributed by atoms with E-state index in [1.807, 2.05) is 17.8 Å². The van der Waals surface area contributed by atoms with Crippen molar-refractivity contribution in [3.8, 4) is 0 Å². The molecule has 0 amide bonds. The molecular weight excluding hydrogens is 200 g/mol. The zero-order chi connectivity index (χ0) is 10.3. The minimum absolute atomic E-state index is 0.658. The van der Waals surface area contributed by atoms with Crippen LogP contribution in [0, 0.1) is 5.92 Å². The summed E-state index contributed by atoms with van der Waals surface area (Å²) in [7, 11) is 0. The smallest absolute Gasteiger partial charge is 0.0195 e. The quantitative estimate of drug-likeness (QED) is 0.625. The molecule has 0 spiro atoms. The van der Waals surface area contributed by atoms with Crippen molar-refractivity contribution in [3.05, 3.63) is 57.9 Å². The molecule has 0 aromatic rings. The minimum Gasteiger partial charge on any atom is -0.0985 e. The topological polar surface area (TPSA) is 0 Å². The highest BCUT2D eigenvalue weighted by Crippen LogP contribution is 2.52. The van der Waals surface area contributed by atoms with E-state index in [1.54, 1.807) is 10.5 Å². The van der Waals surface area contributed by atoms with E-state index in [4.69, 9.17) is 0 Å². The van der Waals surface area contributed by atoms with Gasteiger partial charge in [0.2, 0.25) is 0 Å². The van der Waals surface area contributed by atoms with E-state index in [2.05, 4.69) is 30.9 Å². The van der Waals surface area contributed by atoms with Gasteiger partial charge in [0.1, 0.15) is 0 Å². The van der Waals surface area contributed by atoms with Gasteiger partial charge in [0, 0.05) is 5.92 Å². The summed E-state index contributed by atoms with van der Waals surface area (Å²) in [5.74, 6) is 0.658. The average molecular weight is 214 g/mol. The Kier molecular flexibility index (Phi) is 2.21. The number of hydrogen-bond donors (Lipinski definition) is 0. The Balaban J connectivity index is 1.95.